The van der Waals surface area contributed by atoms with Crippen molar-refractivity contribution in [2.24, 2.45) is 5.73 Å². The highest BCUT2D eigenvalue weighted by Gasteiger charge is 1.83. The van der Waals surface area contributed by atoms with Crippen molar-refractivity contribution in [3.63, 3.8) is 0 Å². The number of nitrogens with two attached hydrogens (primary N) is 1. The average Bonchev–Trinajstić information content (AvgIpc) is 1.96. The number of amides is 1. The summed E-state index contributed by atoms with van der Waals surface area (Å²) in [6, 6.07) is 0. The minimum absolute atomic E-state index is 0.568. The molecule has 0 saturated heterocycles. The summed E-state index contributed by atoms with van der Waals surface area (Å²) in [4.78, 5) is 10.1. The van der Waals surface area contributed by atoms with Crippen LogP contribution in [0.25, 0.3) is 0 Å². The molecule has 0 radical (unpaired) electrons. The molecule has 0 spiro atoms. The van der Waals surface area contributed by atoms with Crippen LogP contribution in [0, 0.1) is 24.2 Å². The zero-order valence-electron chi connectivity index (χ0n) is 6.39. The SMILES string of the molecule is C#CCCCCC#CC(N)=O. The van der Waals surface area contributed by atoms with Crippen LogP contribution in [0.1, 0.15) is 25.7 Å². The van der Waals surface area contributed by atoms with Gasteiger partial charge in [0, 0.05) is 12.8 Å². The van der Waals surface area contributed by atoms with Crippen molar-refractivity contribution < 1.29 is 4.79 Å². The Balaban J connectivity index is 3.24. The van der Waals surface area contributed by atoms with Gasteiger partial charge in [0.2, 0.25) is 0 Å². The van der Waals surface area contributed by atoms with Gasteiger partial charge in [-0.3, -0.25) is 4.79 Å². The largest absolute Gasteiger partial charge is 0.359 e. The van der Waals surface area contributed by atoms with E-state index < -0.39 is 5.91 Å². The molecule has 11 heavy (non-hydrogen) atoms. The van der Waals surface area contributed by atoms with E-state index in [-0.39, 0.29) is 0 Å². The lowest BCUT2D eigenvalue weighted by Crippen LogP contribution is -2.05. The second-order valence-corrected chi connectivity index (χ2v) is 2.08. The summed E-state index contributed by atoms with van der Waals surface area (Å²) in [7, 11) is 0. The molecule has 0 aromatic heterocycles. The Labute approximate surface area is 67.2 Å². The van der Waals surface area contributed by atoms with Gasteiger partial charge >= 0.3 is 0 Å². The highest BCUT2D eigenvalue weighted by Crippen LogP contribution is 1.96. The van der Waals surface area contributed by atoms with Crippen LogP contribution in [-0.4, -0.2) is 5.91 Å². The van der Waals surface area contributed by atoms with Crippen LogP contribution in [0.15, 0.2) is 0 Å². The van der Waals surface area contributed by atoms with Gasteiger partial charge < -0.3 is 5.73 Å². The van der Waals surface area contributed by atoms with Crippen LogP contribution in [0.2, 0.25) is 0 Å². The standard InChI is InChI=1S/C9H11NO/c1-2-3-4-5-6-7-8-9(10)11/h1H,3-6H2,(H2,10,11). The molecule has 0 atom stereocenters. The molecule has 0 aliphatic carbocycles. The van der Waals surface area contributed by atoms with Crippen LogP contribution in [0.5, 0.6) is 0 Å². The first-order chi connectivity index (χ1) is 5.27. The first-order valence-corrected chi connectivity index (χ1v) is 3.49. The fourth-order valence-electron chi connectivity index (χ4n) is 0.590. The zero-order chi connectivity index (χ0) is 8.53. The first kappa shape index (κ1) is 9.59. The van der Waals surface area contributed by atoms with Gasteiger partial charge in [0.15, 0.2) is 0 Å². The monoisotopic (exact) mass is 149 g/mol. The third kappa shape index (κ3) is 8.59. The summed E-state index contributed by atoms with van der Waals surface area (Å²) in [5.41, 5.74) is 4.79. The van der Waals surface area contributed by atoms with E-state index in [1.54, 1.807) is 0 Å². The third-order valence-electron chi connectivity index (χ3n) is 1.08. The van der Waals surface area contributed by atoms with E-state index in [1.807, 2.05) is 0 Å². The van der Waals surface area contributed by atoms with Gasteiger partial charge in [-0.1, -0.05) is 5.92 Å². The summed E-state index contributed by atoms with van der Waals surface area (Å²) in [5, 5.41) is 0. The predicted molar refractivity (Wildman–Crippen MR) is 44.3 cm³/mol. The molecule has 0 rings (SSSR count). The number of carbonyl (C=O) groups is 1. The molecule has 0 aliphatic heterocycles. The van der Waals surface area contributed by atoms with E-state index in [0.29, 0.717) is 6.42 Å². The smallest absolute Gasteiger partial charge is 0.293 e. The molecule has 0 aromatic carbocycles. The van der Waals surface area contributed by atoms with E-state index in [4.69, 9.17) is 12.2 Å². The predicted octanol–water partition coefficient (Wildman–Crippen LogP) is 0.669. The van der Waals surface area contributed by atoms with Crippen molar-refractivity contribution in [3.8, 4) is 24.2 Å². The number of rotatable bonds is 3. The number of carbonyl (C=O) groups excluding carboxylic acids is 1. The van der Waals surface area contributed by atoms with Crippen LogP contribution in [0.3, 0.4) is 0 Å². The molecule has 0 aromatic rings. The van der Waals surface area contributed by atoms with Crippen molar-refractivity contribution in [2.75, 3.05) is 0 Å². The van der Waals surface area contributed by atoms with Gasteiger partial charge in [0.1, 0.15) is 0 Å². The van der Waals surface area contributed by atoms with E-state index in [1.165, 1.54) is 0 Å². The summed E-state index contributed by atoms with van der Waals surface area (Å²) in [5.74, 6) is 6.87. The number of hydrogen-bond donors (Lipinski definition) is 1. The van der Waals surface area contributed by atoms with Gasteiger partial charge in [-0.15, -0.1) is 12.3 Å². The first-order valence-electron chi connectivity index (χ1n) is 3.49. The van der Waals surface area contributed by atoms with Crippen molar-refractivity contribution in [2.45, 2.75) is 25.7 Å². The van der Waals surface area contributed by atoms with Crippen LogP contribution >= 0.6 is 0 Å². The maximum atomic E-state index is 10.1. The normalized spacial score (nSPS) is 7.55. The second kappa shape index (κ2) is 6.71. The lowest BCUT2D eigenvalue weighted by molar-refractivity contribution is -0.112. The lowest BCUT2D eigenvalue weighted by atomic mass is 10.2. The molecule has 0 saturated carbocycles. The molecular weight excluding hydrogens is 138 g/mol. The Bertz CT molecular complexity index is 214. The minimum atomic E-state index is -0.568. The quantitative estimate of drug-likeness (QED) is 0.465. The Kier molecular flexibility index (Phi) is 5.85. The molecule has 0 fully saturated rings. The van der Waals surface area contributed by atoms with Gasteiger partial charge in [0.25, 0.3) is 5.91 Å². The zero-order valence-corrected chi connectivity index (χ0v) is 6.39. The summed E-state index contributed by atoms with van der Waals surface area (Å²) >= 11 is 0. The topological polar surface area (TPSA) is 43.1 Å². The molecule has 2 nitrogen and oxygen atoms in total. The third-order valence-corrected chi connectivity index (χ3v) is 1.08. The highest BCUT2D eigenvalue weighted by molar-refractivity contribution is 5.91. The van der Waals surface area contributed by atoms with Crippen LogP contribution in [0.4, 0.5) is 0 Å². The fraction of sp³-hybridized carbons (Fsp3) is 0.444. The lowest BCUT2D eigenvalue weighted by Gasteiger charge is -1.87. The Morgan fingerprint density at radius 1 is 1.36 bits per heavy atom. The van der Waals surface area contributed by atoms with Gasteiger partial charge in [-0.05, 0) is 18.8 Å². The molecule has 2 N–H and O–H groups in total. The van der Waals surface area contributed by atoms with E-state index in [9.17, 15) is 4.79 Å². The molecule has 0 bridgehead atoms. The maximum Gasteiger partial charge on any atom is 0.293 e. The van der Waals surface area contributed by atoms with Crippen molar-refractivity contribution >= 4 is 5.91 Å². The Hall–Kier alpha value is -1.41. The summed E-state index contributed by atoms with van der Waals surface area (Å²) < 4.78 is 0. The number of terminal acetylenes is 1. The fourth-order valence-corrected chi connectivity index (χ4v) is 0.590. The molecular formula is C9H11NO. The summed E-state index contributed by atoms with van der Waals surface area (Å²) in [6.45, 7) is 0. The van der Waals surface area contributed by atoms with Gasteiger partial charge in [0.05, 0.1) is 0 Å². The Morgan fingerprint density at radius 3 is 2.55 bits per heavy atom. The van der Waals surface area contributed by atoms with E-state index >= 15 is 0 Å². The van der Waals surface area contributed by atoms with E-state index in [0.717, 1.165) is 19.3 Å². The number of primary amides is 1. The molecule has 58 valence electrons. The molecule has 0 aliphatic rings. The van der Waals surface area contributed by atoms with Crippen molar-refractivity contribution in [3.05, 3.63) is 0 Å². The van der Waals surface area contributed by atoms with Gasteiger partial charge in [-0.25, -0.2) is 0 Å². The molecule has 0 heterocycles. The van der Waals surface area contributed by atoms with Gasteiger partial charge in [-0.2, -0.15) is 0 Å². The molecule has 2 heteroatoms. The minimum Gasteiger partial charge on any atom is -0.359 e. The highest BCUT2D eigenvalue weighted by atomic mass is 16.1. The Morgan fingerprint density at radius 2 is 2.00 bits per heavy atom. The number of hydrogen-bond acceptors (Lipinski definition) is 1. The van der Waals surface area contributed by atoms with Crippen LogP contribution in [-0.2, 0) is 4.79 Å². The van der Waals surface area contributed by atoms with Crippen molar-refractivity contribution in [1.29, 1.82) is 0 Å². The van der Waals surface area contributed by atoms with E-state index in [2.05, 4.69) is 17.8 Å². The molecule has 1 amide bonds. The maximum absolute atomic E-state index is 10.1. The van der Waals surface area contributed by atoms with Crippen LogP contribution < -0.4 is 5.73 Å². The average molecular weight is 149 g/mol. The molecule has 0 unspecified atom stereocenters. The number of unbranched alkanes of at least 4 members (excludes halogenated alkanes) is 3. The summed E-state index contributed by atoms with van der Waals surface area (Å²) in [6.07, 6.45) is 8.40. The second-order valence-electron chi connectivity index (χ2n) is 2.08. The van der Waals surface area contributed by atoms with Crippen molar-refractivity contribution in [1.82, 2.24) is 0 Å².